The van der Waals surface area contributed by atoms with Gasteiger partial charge in [0.05, 0.1) is 16.6 Å². The van der Waals surface area contributed by atoms with Gasteiger partial charge in [-0.25, -0.2) is 19.2 Å². The quantitative estimate of drug-likeness (QED) is 0.355. The van der Waals surface area contributed by atoms with Gasteiger partial charge >= 0.3 is 12.1 Å². The first-order valence-corrected chi connectivity index (χ1v) is 8.81. The standard InChI is InChI=1S/C12H7F3N2O2.C9H9FN2/c13-12(14,15)9-3-1-2-7(4-9)10-16-5-8(6-17-10)11(18)19;1-6-5-12(11)9-3-2-7(10)4-8(6)9/h1-6H,(H,18,19);2-5H,11H2,1H3. The summed E-state index contributed by atoms with van der Waals surface area (Å²) < 4.78 is 51.9. The Bertz CT molecular complexity index is 1230. The molecule has 0 fully saturated rings. The van der Waals surface area contributed by atoms with Crippen LogP contribution in [0.5, 0.6) is 0 Å². The van der Waals surface area contributed by atoms with E-state index in [1.54, 1.807) is 12.3 Å². The maximum atomic E-state index is 12.8. The zero-order valence-corrected chi connectivity index (χ0v) is 16.1. The van der Waals surface area contributed by atoms with Gasteiger partial charge in [0.15, 0.2) is 5.82 Å². The molecular formula is C21H16F4N4O2. The predicted molar refractivity (Wildman–Crippen MR) is 106 cm³/mol. The van der Waals surface area contributed by atoms with Crippen LogP contribution in [0.1, 0.15) is 21.5 Å². The lowest BCUT2D eigenvalue weighted by atomic mass is 10.1. The number of hydrogen-bond acceptors (Lipinski definition) is 4. The SMILES string of the molecule is Cc1cn(N)c2ccc(F)cc12.O=C(O)c1cnc(-c2cccc(C(F)(F)F)c2)nc1. The number of fused-ring (bicyclic) bond motifs is 1. The molecule has 0 saturated heterocycles. The van der Waals surface area contributed by atoms with Crippen molar-refractivity contribution in [1.82, 2.24) is 14.6 Å². The summed E-state index contributed by atoms with van der Waals surface area (Å²) in [6, 6.07) is 9.10. The topological polar surface area (TPSA) is 94.0 Å². The van der Waals surface area contributed by atoms with Crippen LogP contribution in [-0.4, -0.2) is 25.7 Å². The third-order valence-corrected chi connectivity index (χ3v) is 4.34. The van der Waals surface area contributed by atoms with E-state index in [0.717, 1.165) is 41.0 Å². The second kappa shape index (κ2) is 8.42. The van der Waals surface area contributed by atoms with Crippen molar-refractivity contribution in [2.45, 2.75) is 13.1 Å². The highest BCUT2D eigenvalue weighted by Gasteiger charge is 2.30. The van der Waals surface area contributed by atoms with E-state index in [2.05, 4.69) is 9.97 Å². The number of aryl methyl sites for hydroxylation is 1. The van der Waals surface area contributed by atoms with Gasteiger partial charge in [-0.15, -0.1) is 0 Å². The van der Waals surface area contributed by atoms with Crippen LogP contribution >= 0.6 is 0 Å². The molecule has 0 bridgehead atoms. The minimum absolute atomic E-state index is 0.0381. The van der Waals surface area contributed by atoms with Crippen LogP contribution in [0.2, 0.25) is 0 Å². The number of halogens is 4. The molecule has 0 amide bonds. The highest BCUT2D eigenvalue weighted by molar-refractivity contribution is 5.87. The average molecular weight is 432 g/mol. The summed E-state index contributed by atoms with van der Waals surface area (Å²) in [5.41, 5.74) is 1.08. The van der Waals surface area contributed by atoms with Gasteiger partial charge in [0.25, 0.3) is 0 Å². The van der Waals surface area contributed by atoms with Gasteiger partial charge in [0, 0.05) is 29.5 Å². The van der Waals surface area contributed by atoms with E-state index in [0.29, 0.717) is 0 Å². The van der Waals surface area contributed by atoms with Gasteiger partial charge in [0.2, 0.25) is 0 Å². The highest BCUT2D eigenvalue weighted by atomic mass is 19.4. The van der Waals surface area contributed by atoms with Crippen molar-refractivity contribution in [3.05, 3.63) is 83.6 Å². The van der Waals surface area contributed by atoms with Gasteiger partial charge in [-0.2, -0.15) is 13.2 Å². The Morgan fingerprint density at radius 3 is 2.39 bits per heavy atom. The van der Waals surface area contributed by atoms with Gasteiger partial charge in [-0.1, -0.05) is 12.1 Å². The maximum Gasteiger partial charge on any atom is 0.416 e. The number of rotatable bonds is 2. The molecule has 0 unspecified atom stereocenters. The normalized spacial score (nSPS) is 11.1. The average Bonchev–Trinajstić information content (AvgIpc) is 3.01. The van der Waals surface area contributed by atoms with E-state index < -0.39 is 17.7 Å². The predicted octanol–water partition coefficient (Wildman–Crippen LogP) is 4.66. The summed E-state index contributed by atoms with van der Waals surface area (Å²) in [7, 11) is 0. The van der Waals surface area contributed by atoms with Gasteiger partial charge in [-0.05, 0) is 42.8 Å². The molecule has 3 N–H and O–H groups in total. The molecule has 10 heteroatoms. The maximum absolute atomic E-state index is 12.8. The monoisotopic (exact) mass is 432 g/mol. The zero-order valence-electron chi connectivity index (χ0n) is 16.1. The van der Waals surface area contributed by atoms with Crippen LogP contribution in [0.25, 0.3) is 22.3 Å². The lowest BCUT2D eigenvalue weighted by Gasteiger charge is -2.07. The van der Waals surface area contributed by atoms with Crippen molar-refractivity contribution in [2.24, 2.45) is 0 Å². The molecule has 31 heavy (non-hydrogen) atoms. The molecule has 2 heterocycles. The number of benzene rings is 2. The second-order valence-corrected chi connectivity index (χ2v) is 6.56. The molecule has 0 radical (unpaired) electrons. The largest absolute Gasteiger partial charge is 0.478 e. The summed E-state index contributed by atoms with van der Waals surface area (Å²) in [6.45, 7) is 1.91. The molecule has 0 aliphatic carbocycles. The molecule has 0 spiro atoms. The fourth-order valence-electron chi connectivity index (χ4n) is 2.82. The van der Waals surface area contributed by atoms with Crippen LogP contribution in [-0.2, 0) is 6.18 Å². The first-order chi connectivity index (χ1) is 14.6. The minimum Gasteiger partial charge on any atom is -0.478 e. The van der Waals surface area contributed by atoms with E-state index in [4.69, 9.17) is 10.9 Å². The minimum atomic E-state index is -4.45. The summed E-state index contributed by atoms with van der Waals surface area (Å²) in [4.78, 5) is 18.1. The van der Waals surface area contributed by atoms with Crippen molar-refractivity contribution in [2.75, 3.05) is 5.84 Å². The van der Waals surface area contributed by atoms with E-state index >= 15 is 0 Å². The molecule has 4 aromatic rings. The Hall–Kier alpha value is -3.95. The zero-order chi connectivity index (χ0) is 22.8. The van der Waals surface area contributed by atoms with Gasteiger partial charge < -0.3 is 10.9 Å². The molecule has 2 aromatic heterocycles. The van der Waals surface area contributed by atoms with Gasteiger partial charge in [0.1, 0.15) is 5.82 Å². The third-order valence-electron chi connectivity index (χ3n) is 4.34. The summed E-state index contributed by atoms with van der Waals surface area (Å²) in [6.07, 6.45) is -0.572. The van der Waals surface area contributed by atoms with Gasteiger partial charge in [-0.3, -0.25) is 4.68 Å². The fourth-order valence-corrected chi connectivity index (χ4v) is 2.82. The number of aromatic carboxylic acids is 1. The number of alkyl halides is 3. The number of nitrogens with two attached hydrogens (primary N) is 1. The van der Waals surface area contributed by atoms with Crippen molar-refractivity contribution in [3.8, 4) is 11.4 Å². The number of carboxylic acids is 1. The second-order valence-electron chi connectivity index (χ2n) is 6.56. The fraction of sp³-hybridized carbons (Fsp3) is 0.0952. The molecule has 6 nitrogen and oxygen atoms in total. The lowest BCUT2D eigenvalue weighted by molar-refractivity contribution is -0.137. The third kappa shape index (κ3) is 4.97. The van der Waals surface area contributed by atoms with Crippen LogP contribution in [0.4, 0.5) is 17.6 Å². The number of aromatic nitrogens is 3. The van der Waals surface area contributed by atoms with E-state index in [-0.39, 0.29) is 22.8 Å². The highest BCUT2D eigenvalue weighted by Crippen LogP contribution is 2.31. The summed E-state index contributed by atoms with van der Waals surface area (Å²) >= 11 is 0. The van der Waals surface area contributed by atoms with Crippen LogP contribution in [0.3, 0.4) is 0 Å². The molecule has 0 atom stereocenters. The molecule has 2 aromatic carbocycles. The Morgan fingerprint density at radius 1 is 1.10 bits per heavy atom. The summed E-state index contributed by atoms with van der Waals surface area (Å²) in [5.74, 6) is 4.24. The molecule has 0 saturated carbocycles. The van der Waals surface area contributed by atoms with E-state index in [1.807, 2.05) is 6.92 Å². The number of nitrogen functional groups attached to an aromatic ring is 1. The smallest absolute Gasteiger partial charge is 0.416 e. The number of carbonyl (C=O) groups is 1. The van der Waals surface area contributed by atoms with Crippen LogP contribution in [0.15, 0.2) is 61.1 Å². The number of carboxylic acid groups (broad SMARTS) is 1. The van der Waals surface area contributed by atoms with Crippen molar-refractivity contribution < 1.29 is 27.5 Å². The number of hydrogen-bond donors (Lipinski definition) is 2. The Balaban J connectivity index is 0.000000194. The number of nitrogens with zero attached hydrogens (tertiary/aromatic N) is 3. The van der Waals surface area contributed by atoms with Crippen LogP contribution in [0, 0.1) is 12.7 Å². The molecular weight excluding hydrogens is 416 g/mol. The van der Waals surface area contributed by atoms with Crippen molar-refractivity contribution in [3.63, 3.8) is 0 Å². The first-order valence-electron chi connectivity index (χ1n) is 8.81. The Kier molecular flexibility index (Phi) is 5.91. The molecule has 0 aliphatic heterocycles. The van der Waals surface area contributed by atoms with Crippen molar-refractivity contribution >= 4 is 16.9 Å². The molecule has 0 aliphatic rings. The van der Waals surface area contributed by atoms with Crippen molar-refractivity contribution in [1.29, 1.82) is 0 Å². The molecule has 4 rings (SSSR count). The van der Waals surface area contributed by atoms with E-state index in [1.165, 1.54) is 28.9 Å². The Labute approximate surface area is 173 Å². The Morgan fingerprint density at radius 2 is 1.77 bits per heavy atom. The van der Waals surface area contributed by atoms with Crippen LogP contribution < -0.4 is 5.84 Å². The van der Waals surface area contributed by atoms with E-state index in [9.17, 15) is 22.4 Å². The summed E-state index contributed by atoms with van der Waals surface area (Å²) in [5, 5.41) is 9.54. The lowest BCUT2D eigenvalue weighted by Crippen LogP contribution is -2.05. The first kappa shape index (κ1) is 21.8. The molecule has 160 valence electrons.